The summed E-state index contributed by atoms with van der Waals surface area (Å²) in [4.78, 5) is 61.0. The molecule has 0 aliphatic carbocycles. The number of carbonyl (C=O) groups excluding carboxylic acids is 3. The third-order valence-corrected chi connectivity index (χ3v) is 8.19. The molecule has 3 saturated heterocycles. The molecule has 3 aliphatic rings. The largest absolute Gasteiger partial charge is 0.480 e. The number of piperazine rings is 1. The number of carboxylic acids is 1. The maximum atomic E-state index is 13.2. The second-order valence-electron chi connectivity index (χ2n) is 10.8. The van der Waals surface area contributed by atoms with E-state index >= 15 is 0 Å². The van der Waals surface area contributed by atoms with Gasteiger partial charge in [-0.05, 0) is 25.2 Å². The zero-order valence-corrected chi connectivity index (χ0v) is 22.8. The van der Waals surface area contributed by atoms with Gasteiger partial charge < -0.3 is 30.0 Å². The van der Waals surface area contributed by atoms with Gasteiger partial charge in [-0.15, -0.1) is 0 Å². The molecule has 4 N–H and O–H groups in total. The van der Waals surface area contributed by atoms with Gasteiger partial charge in [-0.3, -0.25) is 15.0 Å². The number of oxazole rings is 1. The third-order valence-electron chi connectivity index (χ3n) is 8.19. The quantitative estimate of drug-likeness (QED) is 0.255. The maximum absolute atomic E-state index is 13.2. The van der Waals surface area contributed by atoms with Crippen LogP contribution in [-0.2, 0) is 20.8 Å². The number of benzene rings is 1. The molecule has 4 heterocycles. The number of carbonyl (C=O) groups is 4. The number of aromatic nitrogens is 1. The fourth-order valence-electron chi connectivity index (χ4n) is 5.94. The molecule has 5 rings (SSSR count). The lowest BCUT2D eigenvalue weighted by Gasteiger charge is -2.47. The van der Waals surface area contributed by atoms with Gasteiger partial charge in [-0.1, -0.05) is 30.3 Å². The zero-order valence-electron chi connectivity index (χ0n) is 22.8. The minimum atomic E-state index is -1.22. The lowest BCUT2D eigenvalue weighted by molar-refractivity contribution is -0.167. The molecule has 3 unspecified atom stereocenters. The number of nitrogens with one attached hydrogen (secondary N) is 1. The van der Waals surface area contributed by atoms with Crippen molar-refractivity contribution in [1.82, 2.24) is 24.6 Å². The summed E-state index contributed by atoms with van der Waals surface area (Å²) in [5.74, 6) is -1.47. The van der Waals surface area contributed by atoms with Gasteiger partial charge in [-0.25, -0.2) is 19.5 Å². The number of nitrogens with zero attached hydrogens (tertiary/aromatic N) is 5. The number of aryl methyl sites for hydroxylation is 1. The number of urea groups is 1. The van der Waals surface area contributed by atoms with Gasteiger partial charge in [0.2, 0.25) is 11.8 Å². The first kappa shape index (κ1) is 28.1. The van der Waals surface area contributed by atoms with Crippen LogP contribution in [0.15, 0.2) is 40.9 Å². The SMILES string of the molecule is N=C(N)N1CCCC(CC2C(=O)N(C(=O)N3CCN(C(=O)CCc4ncc(-c5ccccc5)o4)CC3)C2C(=O)O)C1. The van der Waals surface area contributed by atoms with Crippen LogP contribution in [0.3, 0.4) is 0 Å². The van der Waals surface area contributed by atoms with E-state index in [4.69, 9.17) is 15.6 Å². The molecule has 3 aliphatic heterocycles. The van der Waals surface area contributed by atoms with Crippen molar-refractivity contribution in [1.29, 1.82) is 5.41 Å². The molecule has 2 aromatic rings. The first-order valence-electron chi connectivity index (χ1n) is 13.9. The number of carboxylic acid groups (broad SMARTS) is 1. The van der Waals surface area contributed by atoms with E-state index in [0.717, 1.165) is 23.3 Å². The number of nitrogens with two attached hydrogens (primary N) is 1. The van der Waals surface area contributed by atoms with Crippen molar-refractivity contribution in [3.05, 3.63) is 42.4 Å². The van der Waals surface area contributed by atoms with Crippen LogP contribution in [0.2, 0.25) is 0 Å². The number of aliphatic carboxylic acids is 1. The van der Waals surface area contributed by atoms with Crippen LogP contribution in [0.1, 0.15) is 31.6 Å². The molecule has 0 radical (unpaired) electrons. The number of rotatable bonds is 7. The van der Waals surface area contributed by atoms with Crippen LogP contribution in [0, 0.1) is 17.2 Å². The van der Waals surface area contributed by atoms with Gasteiger partial charge in [0.25, 0.3) is 0 Å². The van der Waals surface area contributed by atoms with E-state index in [-0.39, 0.29) is 50.4 Å². The Morgan fingerprint density at radius 2 is 1.76 bits per heavy atom. The number of piperidine rings is 1. The molecular formula is C28H35N7O6. The van der Waals surface area contributed by atoms with Gasteiger partial charge in [-0.2, -0.15) is 0 Å². The Balaban J connectivity index is 1.10. The van der Waals surface area contributed by atoms with Crippen LogP contribution in [0.25, 0.3) is 11.3 Å². The van der Waals surface area contributed by atoms with E-state index in [1.165, 1.54) is 4.90 Å². The zero-order chi connectivity index (χ0) is 29.1. The fourth-order valence-corrected chi connectivity index (χ4v) is 5.94. The maximum Gasteiger partial charge on any atom is 0.327 e. The number of imide groups is 1. The average molecular weight is 566 g/mol. The minimum absolute atomic E-state index is 0.0246. The average Bonchev–Trinajstić information content (AvgIpc) is 3.46. The molecule has 218 valence electrons. The van der Waals surface area contributed by atoms with Gasteiger partial charge in [0.1, 0.15) is 0 Å². The van der Waals surface area contributed by atoms with Crippen molar-refractivity contribution in [2.45, 2.75) is 38.1 Å². The Kier molecular flexibility index (Phi) is 8.22. The number of hydrogen-bond donors (Lipinski definition) is 3. The standard InChI is InChI=1S/C28H35N7O6/c29-27(30)34-10-4-5-18(17-34)15-20-24(26(38)39)35(25(20)37)28(40)33-13-11-32(12-14-33)23(36)9-8-22-31-16-21(41-22)19-6-2-1-3-7-19/h1-3,6-7,16,18,20,24H,4-5,8-15,17H2,(H3,29,30)(H,38,39). The van der Waals surface area contributed by atoms with E-state index in [0.29, 0.717) is 37.6 Å². The normalized spacial score (nSPS) is 22.8. The summed E-state index contributed by atoms with van der Waals surface area (Å²) >= 11 is 0. The van der Waals surface area contributed by atoms with Crippen molar-refractivity contribution in [2.75, 3.05) is 39.3 Å². The highest BCUT2D eigenvalue weighted by Crippen LogP contribution is 2.36. The van der Waals surface area contributed by atoms with E-state index in [2.05, 4.69) is 4.98 Å². The summed E-state index contributed by atoms with van der Waals surface area (Å²) in [5.41, 5.74) is 6.51. The van der Waals surface area contributed by atoms with Crippen LogP contribution < -0.4 is 5.73 Å². The molecule has 1 aromatic carbocycles. The number of guanidine groups is 1. The monoisotopic (exact) mass is 565 g/mol. The second-order valence-corrected chi connectivity index (χ2v) is 10.8. The summed E-state index contributed by atoms with van der Waals surface area (Å²) < 4.78 is 5.78. The van der Waals surface area contributed by atoms with Crippen LogP contribution in [-0.4, -0.2) is 105 Å². The number of amides is 4. The predicted octanol–water partition coefficient (Wildman–Crippen LogP) is 1.45. The highest BCUT2D eigenvalue weighted by atomic mass is 16.4. The van der Waals surface area contributed by atoms with Crippen molar-refractivity contribution >= 4 is 29.8 Å². The third kappa shape index (κ3) is 6.03. The molecule has 0 bridgehead atoms. The Bertz CT molecular complexity index is 1310. The van der Waals surface area contributed by atoms with Gasteiger partial charge in [0.15, 0.2) is 23.7 Å². The molecule has 41 heavy (non-hydrogen) atoms. The van der Waals surface area contributed by atoms with Gasteiger partial charge in [0, 0.05) is 57.7 Å². The lowest BCUT2D eigenvalue weighted by atomic mass is 9.78. The molecule has 3 fully saturated rings. The Morgan fingerprint density at radius 1 is 1.05 bits per heavy atom. The molecule has 13 heteroatoms. The van der Waals surface area contributed by atoms with Gasteiger partial charge >= 0.3 is 12.0 Å². The lowest BCUT2D eigenvalue weighted by Crippen LogP contribution is -2.70. The Hall–Kier alpha value is -4.42. The minimum Gasteiger partial charge on any atom is -0.480 e. The summed E-state index contributed by atoms with van der Waals surface area (Å²) in [7, 11) is 0. The Labute approximate surface area is 237 Å². The summed E-state index contributed by atoms with van der Waals surface area (Å²) in [6.07, 6.45) is 4.15. The van der Waals surface area contributed by atoms with E-state index in [1.54, 1.807) is 16.0 Å². The van der Waals surface area contributed by atoms with Crippen molar-refractivity contribution in [3.8, 4) is 11.3 Å². The van der Waals surface area contributed by atoms with E-state index in [9.17, 15) is 24.3 Å². The van der Waals surface area contributed by atoms with Crippen LogP contribution in [0.4, 0.5) is 4.79 Å². The fraction of sp³-hybridized carbons (Fsp3) is 0.500. The second kappa shape index (κ2) is 12.0. The van der Waals surface area contributed by atoms with Crippen LogP contribution in [0.5, 0.6) is 0 Å². The molecule has 3 atom stereocenters. The summed E-state index contributed by atoms with van der Waals surface area (Å²) in [6.45, 7) is 2.16. The molecule has 0 saturated carbocycles. The highest BCUT2D eigenvalue weighted by molar-refractivity contribution is 6.07. The molecule has 1 aromatic heterocycles. The van der Waals surface area contributed by atoms with Crippen LogP contribution >= 0.6 is 0 Å². The molecule has 0 spiro atoms. The highest BCUT2D eigenvalue weighted by Gasteiger charge is 2.56. The first-order valence-corrected chi connectivity index (χ1v) is 13.9. The summed E-state index contributed by atoms with van der Waals surface area (Å²) in [5, 5.41) is 17.5. The van der Waals surface area contributed by atoms with E-state index in [1.807, 2.05) is 30.3 Å². The van der Waals surface area contributed by atoms with Crippen molar-refractivity contribution in [2.24, 2.45) is 17.6 Å². The number of β-lactam (4-membered cyclic amide) rings is 1. The predicted molar refractivity (Wildman–Crippen MR) is 146 cm³/mol. The number of hydrogen-bond acceptors (Lipinski definition) is 7. The van der Waals surface area contributed by atoms with E-state index < -0.39 is 29.9 Å². The summed E-state index contributed by atoms with van der Waals surface area (Å²) in [6, 6.07) is 7.72. The molecule has 4 amide bonds. The van der Waals surface area contributed by atoms with Crippen molar-refractivity contribution in [3.63, 3.8) is 0 Å². The molecule has 13 nitrogen and oxygen atoms in total. The number of likely N-dealkylation sites (tertiary alicyclic amines) is 2. The topological polar surface area (TPSA) is 177 Å². The smallest absolute Gasteiger partial charge is 0.327 e. The van der Waals surface area contributed by atoms with Gasteiger partial charge in [0.05, 0.1) is 12.1 Å². The Morgan fingerprint density at radius 3 is 2.44 bits per heavy atom. The molecular weight excluding hydrogens is 530 g/mol. The van der Waals surface area contributed by atoms with Crippen molar-refractivity contribution < 1.29 is 28.7 Å². The first-order chi connectivity index (χ1) is 19.7.